The van der Waals surface area contributed by atoms with Crippen molar-refractivity contribution >= 4 is 0 Å². The van der Waals surface area contributed by atoms with Crippen LogP contribution in [0.15, 0.2) is 30.6 Å². The normalized spacial score (nSPS) is 9.82. The van der Waals surface area contributed by atoms with Crippen LogP contribution in [0.1, 0.15) is 20.8 Å². The summed E-state index contributed by atoms with van der Waals surface area (Å²) < 4.78 is 0. The molecule has 0 aliphatic carbocycles. The first-order chi connectivity index (χ1) is 5.00. The third-order valence-corrected chi connectivity index (χ3v) is 0.566. The van der Waals surface area contributed by atoms with Crippen LogP contribution < -0.4 is 0 Å². The van der Waals surface area contributed by atoms with Gasteiger partial charge in [0.2, 0.25) is 0 Å². The second-order valence-electron chi connectivity index (χ2n) is 3.20. The minimum Gasteiger partial charge on any atom is -0.391 e. The highest BCUT2D eigenvalue weighted by molar-refractivity contribution is 4.88. The number of nitrogens with zero attached hydrogens (tertiary/aromatic N) is 1. The molecular formula is C9H15NO. The maximum Gasteiger partial charge on any atom is 0.0563 e. The molecule has 62 valence electrons. The molecule has 0 aromatic carbocycles. The van der Waals surface area contributed by atoms with Gasteiger partial charge in [-0.2, -0.15) is 0 Å². The van der Waals surface area contributed by atoms with E-state index in [2.05, 4.69) is 4.98 Å². The molecule has 0 saturated carbocycles. The highest BCUT2D eigenvalue weighted by atomic mass is 16.3. The molecule has 0 fully saturated rings. The molecule has 11 heavy (non-hydrogen) atoms. The van der Waals surface area contributed by atoms with E-state index in [1.807, 2.05) is 18.2 Å². The third-order valence-electron chi connectivity index (χ3n) is 0.566. The number of hydrogen-bond acceptors (Lipinski definition) is 2. The van der Waals surface area contributed by atoms with E-state index in [-0.39, 0.29) is 0 Å². The first kappa shape index (κ1) is 10.1. The fourth-order valence-corrected chi connectivity index (χ4v) is 0.313. The van der Waals surface area contributed by atoms with E-state index in [4.69, 9.17) is 5.11 Å². The van der Waals surface area contributed by atoms with Crippen LogP contribution in [0.25, 0.3) is 0 Å². The molecule has 2 nitrogen and oxygen atoms in total. The topological polar surface area (TPSA) is 33.1 Å². The van der Waals surface area contributed by atoms with Gasteiger partial charge in [0.05, 0.1) is 5.60 Å². The van der Waals surface area contributed by atoms with Crippen molar-refractivity contribution in [2.45, 2.75) is 26.4 Å². The van der Waals surface area contributed by atoms with Crippen LogP contribution in [0.4, 0.5) is 0 Å². The Morgan fingerprint density at radius 1 is 1.00 bits per heavy atom. The van der Waals surface area contributed by atoms with Gasteiger partial charge in [0, 0.05) is 12.4 Å². The van der Waals surface area contributed by atoms with Crippen molar-refractivity contribution in [1.82, 2.24) is 4.98 Å². The minimum absolute atomic E-state index is 0.500. The summed E-state index contributed by atoms with van der Waals surface area (Å²) in [6.45, 7) is 5.23. The summed E-state index contributed by atoms with van der Waals surface area (Å²) in [5.41, 5.74) is -0.500. The lowest BCUT2D eigenvalue weighted by molar-refractivity contribution is 0.102. The molecule has 1 heterocycles. The van der Waals surface area contributed by atoms with E-state index in [0.29, 0.717) is 0 Å². The van der Waals surface area contributed by atoms with Gasteiger partial charge in [-0.15, -0.1) is 0 Å². The molecule has 1 N–H and O–H groups in total. The Balaban J connectivity index is 0.000000187. The van der Waals surface area contributed by atoms with Crippen molar-refractivity contribution in [2.75, 3.05) is 0 Å². The van der Waals surface area contributed by atoms with Gasteiger partial charge >= 0.3 is 0 Å². The molecule has 0 spiro atoms. The Hall–Kier alpha value is -0.890. The predicted octanol–water partition coefficient (Wildman–Crippen LogP) is 1.86. The molecule has 1 rings (SSSR count). The van der Waals surface area contributed by atoms with Crippen molar-refractivity contribution in [2.24, 2.45) is 0 Å². The smallest absolute Gasteiger partial charge is 0.0563 e. The zero-order valence-electron chi connectivity index (χ0n) is 7.28. The molecule has 1 aromatic heterocycles. The van der Waals surface area contributed by atoms with Crippen LogP contribution in [0.2, 0.25) is 0 Å². The van der Waals surface area contributed by atoms with E-state index >= 15 is 0 Å². The molecule has 0 bridgehead atoms. The van der Waals surface area contributed by atoms with E-state index < -0.39 is 5.60 Å². The molecule has 0 aliphatic rings. The highest BCUT2D eigenvalue weighted by Gasteiger charge is 1.97. The van der Waals surface area contributed by atoms with Crippen LogP contribution in [0.3, 0.4) is 0 Å². The number of aliphatic hydroxyl groups is 1. The largest absolute Gasteiger partial charge is 0.391 e. The van der Waals surface area contributed by atoms with Gasteiger partial charge in [-0.3, -0.25) is 4.98 Å². The van der Waals surface area contributed by atoms with Gasteiger partial charge in [-0.25, -0.2) is 0 Å². The molecule has 1 aromatic rings. The summed E-state index contributed by atoms with van der Waals surface area (Å²) in [6, 6.07) is 5.72. The number of rotatable bonds is 0. The van der Waals surface area contributed by atoms with Crippen molar-refractivity contribution in [1.29, 1.82) is 0 Å². The lowest BCUT2D eigenvalue weighted by Gasteiger charge is -2.04. The second-order valence-corrected chi connectivity index (χ2v) is 3.20. The molecule has 0 radical (unpaired) electrons. The molecule has 0 aliphatic heterocycles. The molecule has 2 heteroatoms. The number of aromatic nitrogens is 1. The van der Waals surface area contributed by atoms with E-state index in [1.54, 1.807) is 33.2 Å². The van der Waals surface area contributed by atoms with Crippen molar-refractivity contribution in [3.8, 4) is 0 Å². The van der Waals surface area contributed by atoms with Gasteiger partial charge < -0.3 is 5.11 Å². The zero-order chi connectivity index (χ0) is 8.74. The monoisotopic (exact) mass is 153 g/mol. The van der Waals surface area contributed by atoms with Crippen LogP contribution >= 0.6 is 0 Å². The quantitative estimate of drug-likeness (QED) is 0.617. The zero-order valence-corrected chi connectivity index (χ0v) is 7.28. The molecule has 0 atom stereocenters. The summed E-state index contributed by atoms with van der Waals surface area (Å²) >= 11 is 0. The third kappa shape index (κ3) is 17.6. The summed E-state index contributed by atoms with van der Waals surface area (Å²) in [5.74, 6) is 0. The molecule has 0 unspecified atom stereocenters. The molecule has 0 amide bonds. The average molecular weight is 153 g/mol. The Kier molecular flexibility index (Phi) is 4.46. The summed E-state index contributed by atoms with van der Waals surface area (Å²) in [5, 5.41) is 8.52. The van der Waals surface area contributed by atoms with Crippen LogP contribution in [-0.4, -0.2) is 15.7 Å². The van der Waals surface area contributed by atoms with Gasteiger partial charge in [0.25, 0.3) is 0 Å². The van der Waals surface area contributed by atoms with Crippen molar-refractivity contribution in [3.05, 3.63) is 30.6 Å². The van der Waals surface area contributed by atoms with E-state index in [1.165, 1.54) is 0 Å². The lowest BCUT2D eigenvalue weighted by Crippen LogP contribution is -2.10. The van der Waals surface area contributed by atoms with Crippen molar-refractivity contribution in [3.63, 3.8) is 0 Å². The number of hydrogen-bond donors (Lipinski definition) is 1. The fourth-order valence-electron chi connectivity index (χ4n) is 0.313. The Morgan fingerprint density at radius 2 is 1.36 bits per heavy atom. The fraction of sp³-hybridized carbons (Fsp3) is 0.444. The predicted molar refractivity (Wildman–Crippen MR) is 46.2 cm³/mol. The van der Waals surface area contributed by atoms with Gasteiger partial charge in [-0.1, -0.05) is 6.07 Å². The SMILES string of the molecule is CC(C)(C)O.c1ccncc1. The Labute approximate surface area is 67.9 Å². The standard InChI is InChI=1S/C5H5N.C4H10O/c1-2-4-6-5-3-1;1-4(2,3)5/h1-5H;5H,1-3H3. The minimum atomic E-state index is -0.500. The molecular weight excluding hydrogens is 138 g/mol. The van der Waals surface area contributed by atoms with Gasteiger partial charge in [0.1, 0.15) is 0 Å². The van der Waals surface area contributed by atoms with Gasteiger partial charge in [0.15, 0.2) is 0 Å². The van der Waals surface area contributed by atoms with Crippen LogP contribution in [0, 0.1) is 0 Å². The second kappa shape index (κ2) is 4.85. The van der Waals surface area contributed by atoms with E-state index in [0.717, 1.165) is 0 Å². The summed E-state index contributed by atoms with van der Waals surface area (Å²) in [6.07, 6.45) is 3.50. The maximum absolute atomic E-state index is 8.52. The van der Waals surface area contributed by atoms with E-state index in [9.17, 15) is 0 Å². The lowest BCUT2D eigenvalue weighted by atomic mass is 10.2. The number of pyridine rings is 1. The van der Waals surface area contributed by atoms with Crippen molar-refractivity contribution < 1.29 is 5.11 Å². The summed E-state index contributed by atoms with van der Waals surface area (Å²) in [7, 11) is 0. The Morgan fingerprint density at radius 3 is 1.45 bits per heavy atom. The van der Waals surface area contributed by atoms with Crippen LogP contribution in [0.5, 0.6) is 0 Å². The first-order valence-electron chi connectivity index (χ1n) is 3.57. The Bertz CT molecular complexity index is 134. The average Bonchev–Trinajstić information content (AvgIpc) is 1.88. The highest BCUT2D eigenvalue weighted by Crippen LogP contribution is 1.93. The first-order valence-corrected chi connectivity index (χ1v) is 3.57. The summed E-state index contributed by atoms with van der Waals surface area (Å²) in [4.78, 5) is 3.78. The van der Waals surface area contributed by atoms with Gasteiger partial charge in [-0.05, 0) is 32.9 Å². The molecule has 0 saturated heterocycles. The van der Waals surface area contributed by atoms with Crippen LogP contribution in [-0.2, 0) is 0 Å². The maximum atomic E-state index is 8.52.